The summed E-state index contributed by atoms with van der Waals surface area (Å²) < 4.78 is 24.9. The largest absolute Gasteiger partial charge is 0.392 e. The number of aliphatic hydroxyl groups is 1. The Labute approximate surface area is 121 Å². The third kappa shape index (κ3) is 4.28. The molecule has 0 spiro atoms. The van der Waals surface area contributed by atoms with E-state index in [1.165, 1.54) is 7.05 Å². The lowest BCUT2D eigenvalue weighted by atomic mass is 9.94. The molecule has 114 valence electrons. The molecule has 0 radical (unpaired) electrons. The van der Waals surface area contributed by atoms with E-state index in [2.05, 4.69) is 16.1 Å². The van der Waals surface area contributed by atoms with Gasteiger partial charge in [-0.3, -0.25) is 0 Å². The molecule has 0 aliphatic heterocycles. The van der Waals surface area contributed by atoms with Crippen molar-refractivity contribution in [3.05, 3.63) is 33.9 Å². The zero-order chi connectivity index (χ0) is 15.3. The lowest BCUT2D eigenvalue weighted by molar-refractivity contribution is 0.280. The highest BCUT2D eigenvalue weighted by atomic mass is 32.2. The van der Waals surface area contributed by atoms with Crippen molar-refractivity contribution in [1.82, 2.24) is 10.0 Å². The normalized spacial score (nSPS) is 11.8. The molecule has 0 fully saturated rings. The highest BCUT2D eigenvalue weighted by molar-refractivity contribution is 7.89. The van der Waals surface area contributed by atoms with E-state index in [9.17, 15) is 13.5 Å². The van der Waals surface area contributed by atoms with Crippen molar-refractivity contribution >= 4 is 10.0 Å². The average molecular weight is 300 g/mol. The number of nitrogens with one attached hydrogen (secondary N) is 2. The van der Waals surface area contributed by atoms with Crippen LogP contribution >= 0.6 is 0 Å². The van der Waals surface area contributed by atoms with Crippen molar-refractivity contribution in [3.63, 3.8) is 0 Å². The highest BCUT2D eigenvalue weighted by Gasteiger charge is 2.11. The summed E-state index contributed by atoms with van der Waals surface area (Å²) in [7, 11) is -1.75. The molecule has 0 unspecified atom stereocenters. The summed E-state index contributed by atoms with van der Waals surface area (Å²) in [6.07, 6.45) is 0. The maximum absolute atomic E-state index is 11.3. The van der Waals surface area contributed by atoms with Crippen LogP contribution in [0.2, 0.25) is 0 Å². The maximum atomic E-state index is 11.3. The smallest absolute Gasteiger partial charge is 0.212 e. The van der Waals surface area contributed by atoms with Crippen molar-refractivity contribution in [2.24, 2.45) is 0 Å². The third-order valence-corrected chi connectivity index (χ3v) is 4.97. The monoisotopic (exact) mass is 300 g/mol. The van der Waals surface area contributed by atoms with Gasteiger partial charge in [-0.05, 0) is 55.6 Å². The Kier molecular flexibility index (Phi) is 6.13. The molecule has 5 nitrogen and oxygen atoms in total. The molecule has 0 amide bonds. The highest BCUT2D eigenvalue weighted by Crippen LogP contribution is 2.22. The van der Waals surface area contributed by atoms with Gasteiger partial charge in [-0.25, -0.2) is 13.1 Å². The fourth-order valence-corrected chi connectivity index (χ4v) is 2.93. The quantitative estimate of drug-likeness (QED) is 0.649. The minimum atomic E-state index is -3.17. The molecule has 0 saturated carbocycles. The van der Waals surface area contributed by atoms with Crippen LogP contribution in [-0.4, -0.2) is 32.9 Å². The number of rotatable bonds is 7. The molecule has 1 rings (SSSR count). The van der Waals surface area contributed by atoms with Crippen LogP contribution in [0.5, 0.6) is 0 Å². The van der Waals surface area contributed by atoms with Gasteiger partial charge in [0.05, 0.1) is 12.4 Å². The molecule has 0 bridgehead atoms. The van der Waals surface area contributed by atoms with Gasteiger partial charge in [-0.15, -0.1) is 0 Å². The summed E-state index contributed by atoms with van der Waals surface area (Å²) in [5.41, 5.74) is 5.40. The van der Waals surface area contributed by atoms with E-state index in [1.807, 2.05) is 20.8 Å². The maximum Gasteiger partial charge on any atom is 0.212 e. The molecule has 0 aromatic heterocycles. The molecule has 0 saturated heterocycles. The first-order valence-corrected chi connectivity index (χ1v) is 8.29. The van der Waals surface area contributed by atoms with Crippen LogP contribution in [0.25, 0.3) is 0 Å². The number of aryl methyl sites for hydroxylation is 2. The first-order chi connectivity index (χ1) is 9.32. The van der Waals surface area contributed by atoms with E-state index >= 15 is 0 Å². The molecule has 1 aromatic rings. The van der Waals surface area contributed by atoms with Crippen LogP contribution in [-0.2, 0) is 23.2 Å². The molecule has 6 heteroatoms. The summed E-state index contributed by atoms with van der Waals surface area (Å²) in [5.74, 6) is 0.0559. The van der Waals surface area contributed by atoms with E-state index in [0.717, 1.165) is 27.8 Å². The van der Waals surface area contributed by atoms with Crippen molar-refractivity contribution in [2.75, 3.05) is 19.3 Å². The SMILES string of the molecule is CNS(=O)(=O)CCNCc1c(C)cc(C)c(CO)c1C. The van der Waals surface area contributed by atoms with Crippen LogP contribution < -0.4 is 10.0 Å². The van der Waals surface area contributed by atoms with E-state index in [-0.39, 0.29) is 12.4 Å². The van der Waals surface area contributed by atoms with Crippen molar-refractivity contribution in [2.45, 2.75) is 33.9 Å². The van der Waals surface area contributed by atoms with Gasteiger partial charge < -0.3 is 10.4 Å². The summed E-state index contributed by atoms with van der Waals surface area (Å²) in [6, 6.07) is 2.06. The topological polar surface area (TPSA) is 78.4 Å². The van der Waals surface area contributed by atoms with E-state index in [4.69, 9.17) is 0 Å². The van der Waals surface area contributed by atoms with Gasteiger partial charge in [0.25, 0.3) is 0 Å². The molecule has 0 atom stereocenters. The van der Waals surface area contributed by atoms with Crippen molar-refractivity contribution < 1.29 is 13.5 Å². The Hall–Kier alpha value is -0.950. The minimum absolute atomic E-state index is 0.0269. The summed E-state index contributed by atoms with van der Waals surface area (Å²) in [4.78, 5) is 0. The fraction of sp³-hybridized carbons (Fsp3) is 0.571. The van der Waals surface area contributed by atoms with Gasteiger partial charge in [0.15, 0.2) is 0 Å². The molecule has 0 aliphatic rings. The Morgan fingerprint density at radius 1 is 1.15 bits per heavy atom. The second-order valence-corrected chi connectivity index (χ2v) is 7.00. The lowest BCUT2D eigenvalue weighted by Crippen LogP contribution is -2.29. The first-order valence-electron chi connectivity index (χ1n) is 6.63. The van der Waals surface area contributed by atoms with Crippen molar-refractivity contribution in [1.29, 1.82) is 0 Å². The lowest BCUT2D eigenvalue weighted by Gasteiger charge is -2.16. The number of hydrogen-bond acceptors (Lipinski definition) is 4. The zero-order valence-electron chi connectivity index (χ0n) is 12.6. The summed E-state index contributed by atoms with van der Waals surface area (Å²) in [5, 5.41) is 12.6. The molecular formula is C14H24N2O3S. The van der Waals surface area contributed by atoms with E-state index < -0.39 is 10.0 Å². The second-order valence-electron chi connectivity index (χ2n) is 4.95. The van der Waals surface area contributed by atoms with Gasteiger partial charge >= 0.3 is 0 Å². The summed E-state index contributed by atoms with van der Waals surface area (Å²) in [6.45, 7) is 7.03. The molecule has 20 heavy (non-hydrogen) atoms. The fourth-order valence-electron chi connectivity index (χ4n) is 2.31. The number of benzene rings is 1. The standard InChI is InChI=1S/C14H24N2O3S/c1-10-7-11(2)14(9-17)12(3)13(10)8-16-5-6-20(18,19)15-4/h7,15-17H,5-6,8-9H2,1-4H3. The van der Waals surface area contributed by atoms with Gasteiger partial charge in [0.2, 0.25) is 10.0 Å². The molecule has 1 aromatic carbocycles. The Bertz CT molecular complexity index is 568. The minimum Gasteiger partial charge on any atom is -0.392 e. The average Bonchev–Trinajstić information content (AvgIpc) is 2.37. The zero-order valence-corrected chi connectivity index (χ0v) is 13.4. The third-order valence-electron chi connectivity index (χ3n) is 3.61. The number of hydrogen-bond donors (Lipinski definition) is 3. The number of sulfonamides is 1. The molecule has 0 heterocycles. The van der Waals surface area contributed by atoms with Gasteiger partial charge in [-0.2, -0.15) is 0 Å². The Morgan fingerprint density at radius 2 is 1.75 bits per heavy atom. The predicted octanol–water partition coefficient (Wildman–Crippen LogP) is 0.743. The van der Waals surface area contributed by atoms with Crippen LogP contribution in [0.3, 0.4) is 0 Å². The molecular weight excluding hydrogens is 276 g/mol. The van der Waals surface area contributed by atoms with Gasteiger partial charge in [-0.1, -0.05) is 6.07 Å². The van der Waals surface area contributed by atoms with Crippen LogP contribution in [0.15, 0.2) is 6.07 Å². The van der Waals surface area contributed by atoms with Crippen molar-refractivity contribution in [3.8, 4) is 0 Å². The van der Waals surface area contributed by atoms with E-state index in [0.29, 0.717) is 13.1 Å². The van der Waals surface area contributed by atoms with Crippen LogP contribution in [0.4, 0.5) is 0 Å². The molecule has 0 aliphatic carbocycles. The van der Waals surface area contributed by atoms with Crippen LogP contribution in [0.1, 0.15) is 27.8 Å². The van der Waals surface area contributed by atoms with Gasteiger partial charge in [0, 0.05) is 13.1 Å². The Morgan fingerprint density at radius 3 is 2.30 bits per heavy atom. The summed E-state index contributed by atoms with van der Waals surface area (Å²) >= 11 is 0. The Balaban J connectivity index is 2.74. The number of aliphatic hydroxyl groups excluding tert-OH is 1. The first kappa shape index (κ1) is 17.1. The second kappa shape index (κ2) is 7.17. The molecule has 3 N–H and O–H groups in total. The van der Waals surface area contributed by atoms with E-state index in [1.54, 1.807) is 0 Å². The predicted molar refractivity (Wildman–Crippen MR) is 81.1 cm³/mol. The van der Waals surface area contributed by atoms with Crippen LogP contribution in [0, 0.1) is 20.8 Å². The van der Waals surface area contributed by atoms with Gasteiger partial charge in [0.1, 0.15) is 0 Å².